The number of carbonyl (C=O) groups is 4. The fourth-order valence-corrected chi connectivity index (χ4v) is 1.57. The Bertz CT molecular complexity index is 430. The molecule has 8 heteroatoms. The molecule has 0 aromatic heterocycles. The quantitative estimate of drug-likeness (QED) is 0.604. The Morgan fingerprint density at radius 3 is 2.32 bits per heavy atom. The summed E-state index contributed by atoms with van der Waals surface area (Å²) in [5.41, 5.74) is -1.03. The standard InChI is InChI=1S/C11H18N4O4/c1-6(2)12-9(18)13-7(16)5-15-8(17)11(3,4)14-10(15)19/h6H,5H2,1-4H3,(H,14,19)(H2,12,13,16,18). The third kappa shape index (κ3) is 3.67. The van der Waals surface area contributed by atoms with Gasteiger partial charge >= 0.3 is 12.1 Å². The van der Waals surface area contributed by atoms with Crippen LogP contribution >= 0.6 is 0 Å². The van der Waals surface area contributed by atoms with E-state index in [4.69, 9.17) is 0 Å². The van der Waals surface area contributed by atoms with Crippen LogP contribution in [-0.4, -0.2) is 46.9 Å². The van der Waals surface area contributed by atoms with Crippen molar-refractivity contribution in [2.45, 2.75) is 39.3 Å². The Labute approximate surface area is 110 Å². The van der Waals surface area contributed by atoms with Crippen molar-refractivity contribution in [3.63, 3.8) is 0 Å². The van der Waals surface area contributed by atoms with Gasteiger partial charge in [-0.1, -0.05) is 0 Å². The van der Waals surface area contributed by atoms with Crippen LogP contribution in [0.3, 0.4) is 0 Å². The molecule has 0 aromatic carbocycles. The molecule has 0 aromatic rings. The lowest BCUT2D eigenvalue weighted by Gasteiger charge is -2.15. The van der Waals surface area contributed by atoms with E-state index in [9.17, 15) is 19.2 Å². The predicted molar refractivity (Wildman–Crippen MR) is 66.1 cm³/mol. The zero-order valence-electron chi connectivity index (χ0n) is 11.4. The third-order valence-electron chi connectivity index (χ3n) is 2.42. The van der Waals surface area contributed by atoms with E-state index in [1.165, 1.54) is 13.8 Å². The second-order valence-corrected chi connectivity index (χ2v) is 5.12. The second-order valence-electron chi connectivity index (χ2n) is 5.12. The lowest BCUT2D eigenvalue weighted by molar-refractivity contribution is -0.133. The number of rotatable bonds is 3. The van der Waals surface area contributed by atoms with Gasteiger partial charge in [-0.3, -0.25) is 19.8 Å². The van der Waals surface area contributed by atoms with E-state index in [-0.39, 0.29) is 6.04 Å². The van der Waals surface area contributed by atoms with Gasteiger partial charge in [-0.2, -0.15) is 0 Å². The fourth-order valence-electron chi connectivity index (χ4n) is 1.57. The number of carbonyl (C=O) groups excluding carboxylic acids is 4. The number of urea groups is 2. The molecule has 8 nitrogen and oxygen atoms in total. The largest absolute Gasteiger partial charge is 0.336 e. The second kappa shape index (κ2) is 5.25. The molecule has 0 aliphatic carbocycles. The van der Waals surface area contributed by atoms with Crippen LogP contribution in [0.5, 0.6) is 0 Å². The Morgan fingerprint density at radius 2 is 1.89 bits per heavy atom. The number of imide groups is 2. The van der Waals surface area contributed by atoms with Gasteiger partial charge in [0.15, 0.2) is 0 Å². The third-order valence-corrected chi connectivity index (χ3v) is 2.42. The van der Waals surface area contributed by atoms with Crippen LogP contribution in [0, 0.1) is 0 Å². The van der Waals surface area contributed by atoms with Crippen molar-refractivity contribution in [1.29, 1.82) is 0 Å². The maximum absolute atomic E-state index is 11.8. The topological polar surface area (TPSA) is 108 Å². The van der Waals surface area contributed by atoms with Crippen LogP contribution in [-0.2, 0) is 9.59 Å². The smallest absolute Gasteiger partial charge is 0.325 e. The molecule has 1 saturated heterocycles. The van der Waals surface area contributed by atoms with Gasteiger partial charge in [-0.25, -0.2) is 9.59 Å². The van der Waals surface area contributed by atoms with Crippen molar-refractivity contribution >= 4 is 23.9 Å². The molecule has 19 heavy (non-hydrogen) atoms. The molecule has 1 fully saturated rings. The van der Waals surface area contributed by atoms with Gasteiger partial charge in [0, 0.05) is 6.04 Å². The first-order chi connectivity index (χ1) is 8.63. The predicted octanol–water partition coefficient (Wildman–Crippen LogP) is -0.449. The van der Waals surface area contributed by atoms with E-state index in [0.717, 1.165) is 4.90 Å². The zero-order chi connectivity index (χ0) is 14.8. The van der Waals surface area contributed by atoms with Crippen LogP contribution < -0.4 is 16.0 Å². The maximum atomic E-state index is 11.8. The van der Waals surface area contributed by atoms with Crippen molar-refractivity contribution < 1.29 is 19.2 Å². The lowest BCUT2D eigenvalue weighted by Crippen LogP contribution is -2.48. The minimum atomic E-state index is -1.03. The Morgan fingerprint density at radius 1 is 1.32 bits per heavy atom. The highest BCUT2D eigenvalue weighted by Gasteiger charge is 2.44. The van der Waals surface area contributed by atoms with Crippen LogP contribution in [0.25, 0.3) is 0 Å². The molecule has 0 atom stereocenters. The van der Waals surface area contributed by atoms with E-state index < -0.39 is 36.0 Å². The molecule has 3 N–H and O–H groups in total. The van der Waals surface area contributed by atoms with Crippen LogP contribution in [0.4, 0.5) is 9.59 Å². The first-order valence-corrected chi connectivity index (χ1v) is 5.88. The van der Waals surface area contributed by atoms with Crippen LogP contribution in [0.1, 0.15) is 27.7 Å². The molecular formula is C11H18N4O4. The van der Waals surface area contributed by atoms with Crippen molar-refractivity contribution in [2.24, 2.45) is 0 Å². The summed E-state index contributed by atoms with van der Waals surface area (Å²) in [5.74, 6) is -1.23. The minimum Gasteiger partial charge on any atom is -0.336 e. The summed E-state index contributed by atoms with van der Waals surface area (Å²) < 4.78 is 0. The van der Waals surface area contributed by atoms with Gasteiger partial charge < -0.3 is 10.6 Å². The highest BCUT2D eigenvalue weighted by atomic mass is 16.2. The van der Waals surface area contributed by atoms with E-state index in [1.54, 1.807) is 13.8 Å². The van der Waals surface area contributed by atoms with E-state index >= 15 is 0 Å². The monoisotopic (exact) mass is 270 g/mol. The Hall–Kier alpha value is -2.12. The molecule has 0 unspecified atom stereocenters. The van der Waals surface area contributed by atoms with E-state index in [1.807, 2.05) is 5.32 Å². The summed E-state index contributed by atoms with van der Waals surface area (Å²) in [6.45, 7) is 6.07. The summed E-state index contributed by atoms with van der Waals surface area (Å²) in [4.78, 5) is 46.9. The highest BCUT2D eigenvalue weighted by Crippen LogP contribution is 2.15. The number of hydrogen-bond donors (Lipinski definition) is 3. The lowest BCUT2D eigenvalue weighted by atomic mass is 10.1. The normalized spacial score (nSPS) is 17.4. The average molecular weight is 270 g/mol. The molecular weight excluding hydrogens is 252 g/mol. The van der Waals surface area contributed by atoms with Gasteiger partial charge in [0.25, 0.3) is 5.91 Å². The minimum absolute atomic E-state index is 0.122. The van der Waals surface area contributed by atoms with Crippen molar-refractivity contribution in [3.05, 3.63) is 0 Å². The molecule has 0 spiro atoms. The summed E-state index contributed by atoms with van der Waals surface area (Å²) in [5, 5.41) is 6.95. The van der Waals surface area contributed by atoms with Gasteiger partial charge in [-0.15, -0.1) is 0 Å². The van der Waals surface area contributed by atoms with E-state index in [2.05, 4.69) is 10.6 Å². The van der Waals surface area contributed by atoms with E-state index in [0.29, 0.717) is 0 Å². The summed E-state index contributed by atoms with van der Waals surface area (Å²) in [6.07, 6.45) is 0. The number of nitrogens with one attached hydrogen (secondary N) is 3. The number of amides is 6. The zero-order valence-corrected chi connectivity index (χ0v) is 11.4. The number of nitrogens with zero attached hydrogens (tertiary/aromatic N) is 1. The molecule has 106 valence electrons. The molecule has 0 bridgehead atoms. The molecule has 1 heterocycles. The van der Waals surface area contributed by atoms with Crippen molar-refractivity contribution in [2.75, 3.05) is 6.54 Å². The summed E-state index contributed by atoms with van der Waals surface area (Å²) in [7, 11) is 0. The average Bonchev–Trinajstić information content (AvgIpc) is 2.39. The molecule has 1 aliphatic heterocycles. The maximum Gasteiger partial charge on any atom is 0.325 e. The van der Waals surface area contributed by atoms with Crippen LogP contribution in [0.15, 0.2) is 0 Å². The van der Waals surface area contributed by atoms with Crippen molar-refractivity contribution in [1.82, 2.24) is 20.9 Å². The number of hydrogen-bond acceptors (Lipinski definition) is 4. The summed E-state index contributed by atoms with van der Waals surface area (Å²) >= 11 is 0. The SMILES string of the molecule is CC(C)NC(=O)NC(=O)CN1C(=O)NC(C)(C)C1=O. The Balaban J connectivity index is 2.56. The first kappa shape index (κ1) is 14.9. The van der Waals surface area contributed by atoms with Gasteiger partial charge in [0.2, 0.25) is 5.91 Å². The first-order valence-electron chi connectivity index (χ1n) is 5.88. The Kier molecular flexibility index (Phi) is 4.13. The van der Waals surface area contributed by atoms with Gasteiger partial charge in [0.05, 0.1) is 0 Å². The summed E-state index contributed by atoms with van der Waals surface area (Å²) in [6, 6.07) is -1.43. The van der Waals surface area contributed by atoms with Gasteiger partial charge in [0.1, 0.15) is 12.1 Å². The van der Waals surface area contributed by atoms with Gasteiger partial charge in [-0.05, 0) is 27.7 Å². The highest BCUT2D eigenvalue weighted by molar-refractivity contribution is 6.09. The molecule has 0 radical (unpaired) electrons. The molecule has 0 saturated carbocycles. The molecule has 1 rings (SSSR count). The van der Waals surface area contributed by atoms with Crippen LogP contribution in [0.2, 0.25) is 0 Å². The molecule has 1 aliphatic rings. The van der Waals surface area contributed by atoms with Crippen molar-refractivity contribution in [3.8, 4) is 0 Å². The molecule has 6 amide bonds. The fraction of sp³-hybridized carbons (Fsp3) is 0.636.